The normalized spacial score (nSPS) is 20.5. The van der Waals surface area contributed by atoms with Gasteiger partial charge in [-0.3, -0.25) is 9.59 Å². The summed E-state index contributed by atoms with van der Waals surface area (Å²) in [7, 11) is 1.59. The van der Waals surface area contributed by atoms with Crippen molar-refractivity contribution in [1.29, 1.82) is 0 Å². The minimum absolute atomic E-state index is 0.0428. The minimum atomic E-state index is -0.546. The molecule has 0 aromatic heterocycles. The van der Waals surface area contributed by atoms with Gasteiger partial charge in [0.15, 0.2) is 0 Å². The van der Waals surface area contributed by atoms with E-state index in [1.807, 2.05) is 37.3 Å². The molecule has 0 saturated carbocycles. The number of piperidine rings is 1. The Balaban J connectivity index is 1.55. The molecule has 0 radical (unpaired) electrons. The van der Waals surface area contributed by atoms with Crippen molar-refractivity contribution in [2.24, 2.45) is 5.41 Å². The number of rotatable bonds is 7. The summed E-state index contributed by atoms with van der Waals surface area (Å²) in [6.07, 6.45) is 1.68. The van der Waals surface area contributed by atoms with Crippen LogP contribution in [0.15, 0.2) is 30.3 Å². The molecule has 164 valence electrons. The monoisotopic (exact) mass is 416 g/mol. The number of carbonyl (C=O) groups excluding carboxylic acids is 3. The van der Waals surface area contributed by atoms with Crippen LogP contribution in [0.2, 0.25) is 0 Å². The first-order valence-electron chi connectivity index (χ1n) is 10.6. The second-order valence-electron chi connectivity index (χ2n) is 8.01. The maximum atomic E-state index is 13.1. The first-order valence-corrected chi connectivity index (χ1v) is 10.6. The fourth-order valence-electron chi connectivity index (χ4n) is 4.45. The Hall–Kier alpha value is -2.61. The van der Waals surface area contributed by atoms with Gasteiger partial charge < -0.3 is 25.2 Å². The summed E-state index contributed by atoms with van der Waals surface area (Å²) in [4.78, 5) is 41.8. The van der Waals surface area contributed by atoms with Crippen LogP contribution in [0, 0.1) is 5.41 Å². The number of nitrogens with one attached hydrogen (secondary N) is 2. The average molecular weight is 417 g/mol. The Kier molecular flexibility index (Phi) is 7.31. The van der Waals surface area contributed by atoms with Gasteiger partial charge in [-0.2, -0.15) is 0 Å². The molecule has 1 unspecified atom stereocenters. The lowest BCUT2D eigenvalue weighted by molar-refractivity contribution is -0.140. The highest BCUT2D eigenvalue weighted by Crippen LogP contribution is 2.44. The number of nitrogens with zero attached hydrogens (tertiary/aromatic N) is 2. The summed E-state index contributed by atoms with van der Waals surface area (Å²) in [6.45, 7) is 4.79. The summed E-state index contributed by atoms with van der Waals surface area (Å²) in [6, 6.07) is 9.22. The summed E-state index contributed by atoms with van der Waals surface area (Å²) in [5.41, 5.74) is 0.501. The number of likely N-dealkylation sites (tertiary alicyclic amines) is 2. The standard InChI is InChI=1S/C22H32N4O4/c1-3-26-18(19(27)23-11-14-30-2)15-22(20(26)28)9-12-25(13-10-22)21(29)24-16-17-7-5-4-6-8-17/h4-8,18H,3,9-16H2,1-2H3,(H,23,27)(H,24,29). The number of hydrogen-bond acceptors (Lipinski definition) is 4. The van der Waals surface area contributed by atoms with Crippen LogP contribution in [0.1, 0.15) is 31.7 Å². The quantitative estimate of drug-likeness (QED) is 0.657. The molecule has 8 heteroatoms. The Morgan fingerprint density at radius 1 is 1.17 bits per heavy atom. The highest BCUT2D eigenvalue weighted by molar-refractivity contribution is 5.94. The Morgan fingerprint density at radius 2 is 1.87 bits per heavy atom. The zero-order valence-corrected chi connectivity index (χ0v) is 17.9. The van der Waals surface area contributed by atoms with Gasteiger partial charge in [-0.05, 0) is 31.7 Å². The summed E-state index contributed by atoms with van der Waals surface area (Å²) in [5, 5.41) is 5.81. The molecule has 0 bridgehead atoms. The van der Waals surface area contributed by atoms with E-state index in [1.54, 1.807) is 16.9 Å². The van der Waals surface area contributed by atoms with E-state index in [0.717, 1.165) is 5.56 Å². The van der Waals surface area contributed by atoms with Gasteiger partial charge in [0.25, 0.3) is 0 Å². The molecule has 4 amide bonds. The molecule has 8 nitrogen and oxygen atoms in total. The number of benzene rings is 1. The third-order valence-corrected chi connectivity index (χ3v) is 6.22. The molecule has 2 heterocycles. The molecule has 1 atom stereocenters. The zero-order chi connectivity index (χ0) is 21.6. The molecule has 1 aromatic rings. The Labute approximate surface area is 177 Å². The molecule has 1 aromatic carbocycles. The van der Waals surface area contributed by atoms with Gasteiger partial charge in [-0.1, -0.05) is 30.3 Å². The van der Waals surface area contributed by atoms with Gasteiger partial charge in [0, 0.05) is 39.8 Å². The molecular weight excluding hydrogens is 384 g/mol. The molecule has 3 rings (SSSR count). The largest absolute Gasteiger partial charge is 0.383 e. The molecule has 0 aliphatic carbocycles. The van der Waals surface area contributed by atoms with Crippen LogP contribution in [0.3, 0.4) is 0 Å². The molecule has 30 heavy (non-hydrogen) atoms. The van der Waals surface area contributed by atoms with Gasteiger partial charge in [-0.15, -0.1) is 0 Å². The van der Waals surface area contributed by atoms with Crippen molar-refractivity contribution in [3.63, 3.8) is 0 Å². The number of carbonyl (C=O) groups is 3. The number of urea groups is 1. The highest BCUT2D eigenvalue weighted by atomic mass is 16.5. The van der Waals surface area contributed by atoms with Crippen LogP contribution in [-0.2, 0) is 20.9 Å². The van der Waals surface area contributed by atoms with Crippen LogP contribution in [0.25, 0.3) is 0 Å². The maximum Gasteiger partial charge on any atom is 0.317 e. The van der Waals surface area contributed by atoms with E-state index >= 15 is 0 Å². The SMILES string of the molecule is CCN1C(=O)C2(CCN(C(=O)NCc3ccccc3)CC2)CC1C(=O)NCCOC. The van der Waals surface area contributed by atoms with Crippen LogP contribution < -0.4 is 10.6 Å². The predicted molar refractivity (Wildman–Crippen MR) is 113 cm³/mol. The lowest BCUT2D eigenvalue weighted by Gasteiger charge is -2.37. The topological polar surface area (TPSA) is 91.0 Å². The lowest BCUT2D eigenvalue weighted by atomic mass is 9.76. The van der Waals surface area contributed by atoms with Crippen molar-refractivity contribution in [3.8, 4) is 0 Å². The van der Waals surface area contributed by atoms with Gasteiger partial charge in [0.05, 0.1) is 12.0 Å². The van der Waals surface area contributed by atoms with E-state index in [4.69, 9.17) is 4.74 Å². The highest BCUT2D eigenvalue weighted by Gasteiger charge is 2.54. The fourth-order valence-corrected chi connectivity index (χ4v) is 4.45. The molecule has 1 spiro atoms. The van der Waals surface area contributed by atoms with Crippen LogP contribution >= 0.6 is 0 Å². The second kappa shape index (κ2) is 9.93. The third kappa shape index (κ3) is 4.75. The number of methoxy groups -OCH3 is 1. The first-order chi connectivity index (χ1) is 14.5. The van der Waals surface area contributed by atoms with E-state index < -0.39 is 11.5 Å². The molecule has 2 fully saturated rings. The maximum absolute atomic E-state index is 13.1. The van der Waals surface area contributed by atoms with Gasteiger partial charge in [0.1, 0.15) is 6.04 Å². The summed E-state index contributed by atoms with van der Waals surface area (Å²) in [5.74, 6) is -0.0802. The molecule has 2 aliphatic heterocycles. The van der Waals surface area contributed by atoms with Gasteiger partial charge in [-0.25, -0.2) is 4.79 Å². The average Bonchev–Trinajstić information content (AvgIpc) is 3.04. The van der Waals surface area contributed by atoms with Crippen molar-refractivity contribution < 1.29 is 19.1 Å². The minimum Gasteiger partial charge on any atom is -0.383 e. The fraction of sp³-hybridized carbons (Fsp3) is 0.591. The van der Waals surface area contributed by atoms with E-state index in [-0.39, 0.29) is 17.8 Å². The van der Waals surface area contributed by atoms with Crippen LogP contribution in [0.4, 0.5) is 4.79 Å². The second-order valence-corrected chi connectivity index (χ2v) is 8.01. The molecule has 2 aliphatic rings. The van der Waals surface area contributed by atoms with Crippen molar-refractivity contribution in [2.75, 3.05) is 39.9 Å². The Bertz CT molecular complexity index is 747. The molecule has 2 N–H and O–H groups in total. The van der Waals surface area contributed by atoms with Crippen LogP contribution in [-0.4, -0.2) is 73.6 Å². The molecular formula is C22H32N4O4. The van der Waals surface area contributed by atoms with E-state index in [1.165, 1.54) is 0 Å². The van der Waals surface area contributed by atoms with E-state index in [9.17, 15) is 14.4 Å². The van der Waals surface area contributed by atoms with Crippen molar-refractivity contribution in [2.45, 2.75) is 38.8 Å². The zero-order valence-electron chi connectivity index (χ0n) is 17.9. The number of amides is 4. The predicted octanol–water partition coefficient (Wildman–Crippen LogP) is 1.36. The van der Waals surface area contributed by atoms with E-state index in [0.29, 0.717) is 58.6 Å². The first kappa shape index (κ1) is 22.1. The van der Waals surface area contributed by atoms with E-state index in [2.05, 4.69) is 10.6 Å². The molecule has 2 saturated heterocycles. The van der Waals surface area contributed by atoms with Crippen LogP contribution in [0.5, 0.6) is 0 Å². The Morgan fingerprint density at radius 3 is 2.50 bits per heavy atom. The lowest BCUT2D eigenvalue weighted by Crippen LogP contribution is -2.49. The van der Waals surface area contributed by atoms with Crippen molar-refractivity contribution in [3.05, 3.63) is 35.9 Å². The van der Waals surface area contributed by atoms with Gasteiger partial charge >= 0.3 is 6.03 Å². The van der Waals surface area contributed by atoms with Gasteiger partial charge in [0.2, 0.25) is 11.8 Å². The summed E-state index contributed by atoms with van der Waals surface area (Å²) >= 11 is 0. The third-order valence-electron chi connectivity index (χ3n) is 6.22. The number of likely N-dealkylation sites (N-methyl/N-ethyl adjacent to an activating group) is 1. The number of hydrogen-bond donors (Lipinski definition) is 2. The number of ether oxygens (including phenoxy) is 1. The van der Waals surface area contributed by atoms with Crippen molar-refractivity contribution >= 4 is 17.8 Å². The summed E-state index contributed by atoms with van der Waals surface area (Å²) < 4.78 is 4.98. The van der Waals surface area contributed by atoms with Crippen molar-refractivity contribution in [1.82, 2.24) is 20.4 Å². The smallest absolute Gasteiger partial charge is 0.317 e.